The van der Waals surface area contributed by atoms with E-state index in [2.05, 4.69) is 0 Å². The van der Waals surface area contributed by atoms with Crippen molar-refractivity contribution in [3.05, 3.63) is 55.5 Å². The number of benzene rings is 2. The van der Waals surface area contributed by atoms with Crippen molar-refractivity contribution in [2.45, 2.75) is 19.0 Å². The van der Waals surface area contributed by atoms with Crippen molar-refractivity contribution in [2.24, 2.45) is 0 Å². The predicted octanol–water partition coefficient (Wildman–Crippen LogP) is 7.81. The lowest BCUT2D eigenvalue weighted by Gasteiger charge is -2.16. The minimum Gasteiger partial charge on any atom is -0.454 e. The summed E-state index contributed by atoms with van der Waals surface area (Å²) in [6, 6.07) is 5.10. The summed E-state index contributed by atoms with van der Waals surface area (Å²) in [7, 11) is 0. The van der Waals surface area contributed by atoms with Crippen LogP contribution in [0.5, 0.6) is 11.5 Å². The quantitative estimate of drug-likeness (QED) is 0.332. The second kappa shape index (κ2) is 8.44. The minimum atomic E-state index is -4.72. The second-order valence-corrected chi connectivity index (χ2v) is 7.06. The molecule has 2 aromatic carbocycles. The lowest BCUT2D eigenvalue weighted by Crippen LogP contribution is -2.06. The third-order valence-corrected chi connectivity index (χ3v) is 4.94. The van der Waals surface area contributed by atoms with Gasteiger partial charge in [0, 0.05) is 11.4 Å². The molecular formula is C16H8Cl5F3O2. The van der Waals surface area contributed by atoms with Crippen LogP contribution >= 0.6 is 58.0 Å². The molecule has 0 unspecified atom stereocenters. The molecule has 0 aliphatic rings. The molecule has 140 valence electrons. The van der Waals surface area contributed by atoms with Crippen LogP contribution in [0.4, 0.5) is 13.2 Å². The zero-order valence-electron chi connectivity index (χ0n) is 12.6. The van der Waals surface area contributed by atoms with Gasteiger partial charge in [0.25, 0.3) is 0 Å². The number of ether oxygens (including phenoxy) is 1. The average Bonchev–Trinajstić information content (AvgIpc) is 2.53. The first-order valence-corrected chi connectivity index (χ1v) is 8.79. The number of hydrogen-bond donors (Lipinski definition) is 0. The molecule has 0 N–H and O–H groups in total. The summed E-state index contributed by atoms with van der Waals surface area (Å²) >= 11 is 28.8. The Hall–Kier alpha value is -0.850. The van der Waals surface area contributed by atoms with Crippen LogP contribution in [0.3, 0.4) is 0 Å². The Morgan fingerprint density at radius 1 is 1.00 bits per heavy atom. The summed E-state index contributed by atoms with van der Waals surface area (Å²) in [4.78, 5) is 10.9. The van der Waals surface area contributed by atoms with E-state index in [1.807, 2.05) is 0 Å². The molecule has 0 radical (unpaired) electrons. The Morgan fingerprint density at radius 3 is 2.23 bits per heavy atom. The van der Waals surface area contributed by atoms with E-state index in [0.717, 1.165) is 0 Å². The van der Waals surface area contributed by atoms with Crippen molar-refractivity contribution in [1.82, 2.24) is 0 Å². The van der Waals surface area contributed by atoms with E-state index in [4.69, 9.17) is 62.7 Å². The van der Waals surface area contributed by atoms with Crippen LogP contribution in [-0.4, -0.2) is 5.24 Å². The van der Waals surface area contributed by atoms with Gasteiger partial charge in [0.2, 0.25) is 5.24 Å². The van der Waals surface area contributed by atoms with Crippen molar-refractivity contribution >= 4 is 63.2 Å². The Balaban J connectivity index is 2.38. The van der Waals surface area contributed by atoms with Gasteiger partial charge in [-0.2, -0.15) is 13.2 Å². The van der Waals surface area contributed by atoms with Gasteiger partial charge in [-0.05, 0) is 47.9 Å². The monoisotopic (exact) mass is 464 g/mol. The summed E-state index contributed by atoms with van der Waals surface area (Å²) in [6.07, 6.45) is -4.41. The number of carbonyl (C=O) groups is 1. The van der Waals surface area contributed by atoms with E-state index in [1.165, 1.54) is 18.2 Å². The standard InChI is InChI=1S/C16H8Cl5F3O2/c17-10-3-2-8(5-7(10)1-4-12(19)25)26-15-11(18)6-9(16(22,23)24)13(20)14(15)21/h2-3,5-6H,1,4H2. The molecule has 0 fully saturated rings. The molecule has 0 saturated carbocycles. The van der Waals surface area contributed by atoms with Crippen LogP contribution in [0.2, 0.25) is 20.1 Å². The van der Waals surface area contributed by atoms with Crippen LogP contribution in [0.15, 0.2) is 24.3 Å². The van der Waals surface area contributed by atoms with Crippen LogP contribution in [0, 0.1) is 0 Å². The third-order valence-electron chi connectivity index (χ3n) is 3.25. The molecule has 2 nitrogen and oxygen atoms in total. The summed E-state index contributed by atoms with van der Waals surface area (Å²) in [5, 5.41) is -1.72. The number of hydrogen-bond acceptors (Lipinski definition) is 2. The van der Waals surface area contributed by atoms with E-state index in [0.29, 0.717) is 16.7 Å². The molecule has 2 aromatic rings. The van der Waals surface area contributed by atoms with Crippen LogP contribution < -0.4 is 4.74 Å². The molecule has 0 heterocycles. The highest BCUT2D eigenvalue weighted by atomic mass is 35.5. The van der Waals surface area contributed by atoms with Gasteiger partial charge in [0.1, 0.15) is 10.8 Å². The van der Waals surface area contributed by atoms with Crippen molar-refractivity contribution in [3.63, 3.8) is 0 Å². The lowest BCUT2D eigenvalue weighted by atomic mass is 10.1. The number of alkyl halides is 3. The molecule has 26 heavy (non-hydrogen) atoms. The van der Waals surface area contributed by atoms with Gasteiger partial charge in [0.15, 0.2) is 5.75 Å². The third kappa shape index (κ3) is 5.11. The van der Waals surface area contributed by atoms with Gasteiger partial charge in [-0.15, -0.1) is 0 Å². The molecule has 0 spiro atoms. The smallest absolute Gasteiger partial charge is 0.417 e. The van der Waals surface area contributed by atoms with Gasteiger partial charge in [-0.25, -0.2) is 0 Å². The topological polar surface area (TPSA) is 26.3 Å². The number of carbonyl (C=O) groups excluding carboxylic acids is 1. The lowest BCUT2D eigenvalue weighted by molar-refractivity contribution is -0.137. The zero-order chi connectivity index (χ0) is 19.6. The average molecular weight is 466 g/mol. The van der Waals surface area contributed by atoms with Gasteiger partial charge < -0.3 is 4.74 Å². The maximum absolute atomic E-state index is 12.9. The minimum absolute atomic E-state index is 0.0539. The largest absolute Gasteiger partial charge is 0.454 e. The highest BCUT2D eigenvalue weighted by Gasteiger charge is 2.36. The van der Waals surface area contributed by atoms with E-state index in [9.17, 15) is 18.0 Å². The molecule has 0 atom stereocenters. The van der Waals surface area contributed by atoms with Gasteiger partial charge in [-0.1, -0.05) is 46.4 Å². The molecule has 0 aromatic heterocycles. The fourth-order valence-corrected chi connectivity index (χ4v) is 3.12. The Labute approximate surface area is 171 Å². The van der Waals surface area contributed by atoms with Crippen LogP contribution in [-0.2, 0) is 17.4 Å². The summed E-state index contributed by atoms with van der Waals surface area (Å²) in [5.74, 6) is -0.0286. The second-order valence-electron chi connectivity index (χ2n) is 5.07. The number of halogens is 8. The molecule has 2 rings (SSSR count). The summed E-state index contributed by atoms with van der Waals surface area (Å²) in [5.41, 5.74) is -0.609. The highest BCUT2D eigenvalue weighted by Crippen LogP contribution is 2.47. The maximum atomic E-state index is 12.9. The van der Waals surface area contributed by atoms with Crippen molar-refractivity contribution in [1.29, 1.82) is 0 Å². The van der Waals surface area contributed by atoms with Crippen LogP contribution in [0.1, 0.15) is 17.5 Å². The number of aryl methyl sites for hydroxylation is 1. The van der Waals surface area contributed by atoms with Crippen molar-refractivity contribution in [3.8, 4) is 11.5 Å². The first-order valence-electron chi connectivity index (χ1n) is 6.90. The van der Waals surface area contributed by atoms with E-state index in [1.54, 1.807) is 0 Å². The summed E-state index contributed by atoms with van der Waals surface area (Å²) in [6.45, 7) is 0. The maximum Gasteiger partial charge on any atom is 0.417 e. The SMILES string of the molecule is O=C(Cl)CCc1cc(Oc2c(Cl)cc(C(F)(F)F)c(Cl)c2Cl)ccc1Cl. The van der Waals surface area contributed by atoms with Crippen LogP contribution in [0.25, 0.3) is 0 Å². The Morgan fingerprint density at radius 2 is 1.65 bits per heavy atom. The first kappa shape index (κ1) is 21.5. The fourth-order valence-electron chi connectivity index (χ4n) is 2.04. The molecule has 0 bridgehead atoms. The zero-order valence-corrected chi connectivity index (χ0v) is 16.3. The van der Waals surface area contributed by atoms with E-state index >= 15 is 0 Å². The first-order chi connectivity index (χ1) is 12.0. The van der Waals surface area contributed by atoms with Gasteiger partial charge in [0.05, 0.1) is 15.6 Å². The molecule has 10 heteroatoms. The Kier molecular flexibility index (Phi) is 6.97. The predicted molar refractivity (Wildman–Crippen MR) is 97.2 cm³/mol. The van der Waals surface area contributed by atoms with Crippen molar-refractivity contribution in [2.75, 3.05) is 0 Å². The molecular weight excluding hydrogens is 458 g/mol. The summed E-state index contributed by atoms with van der Waals surface area (Å²) < 4.78 is 44.3. The van der Waals surface area contributed by atoms with E-state index in [-0.39, 0.29) is 29.4 Å². The normalized spacial score (nSPS) is 11.5. The van der Waals surface area contributed by atoms with Gasteiger partial charge in [-0.3, -0.25) is 4.79 Å². The molecule has 0 amide bonds. The fraction of sp³-hybridized carbons (Fsp3) is 0.188. The van der Waals surface area contributed by atoms with Gasteiger partial charge >= 0.3 is 6.18 Å². The molecule has 0 aliphatic heterocycles. The van der Waals surface area contributed by atoms with E-state index < -0.39 is 27.0 Å². The molecule has 0 saturated heterocycles. The molecule has 0 aliphatic carbocycles. The van der Waals surface area contributed by atoms with Crippen molar-refractivity contribution < 1.29 is 22.7 Å². The number of rotatable bonds is 5. The highest BCUT2D eigenvalue weighted by molar-refractivity contribution is 6.63. The Bertz CT molecular complexity index is 853.